The first-order chi connectivity index (χ1) is 13.0. The number of anilines is 1. The molecular formula is C19H15F2N3O3. The third-order valence-corrected chi connectivity index (χ3v) is 3.74. The van der Waals surface area contributed by atoms with E-state index in [9.17, 15) is 18.4 Å². The number of amides is 1. The molecule has 3 aromatic rings. The molecule has 8 heteroatoms. The molecule has 0 spiro atoms. The number of nitrogens with one attached hydrogen (secondary N) is 1. The number of esters is 1. The van der Waals surface area contributed by atoms with E-state index >= 15 is 0 Å². The molecule has 0 fully saturated rings. The maximum atomic E-state index is 13.6. The molecule has 27 heavy (non-hydrogen) atoms. The molecule has 3 rings (SSSR count). The maximum absolute atomic E-state index is 13.6. The Labute approximate surface area is 153 Å². The largest absolute Gasteiger partial charge is 0.449 e. The van der Waals surface area contributed by atoms with E-state index in [0.29, 0.717) is 0 Å². The first-order valence-electron chi connectivity index (χ1n) is 8.01. The summed E-state index contributed by atoms with van der Waals surface area (Å²) in [6.07, 6.45) is 2.13. The van der Waals surface area contributed by atoms with Gasteiger partial charge >= 0.3 is 5.97 Å². The van der Waals surface area contributed by atoms with Crippen molar-refractivity contribution in [2.45, 2.75) is 13.0 Å². The summed E-state index contributed by atoms with van der Waals surface area (Å²) >= 11 is 0. The number of hydrogen-bond acceptors (Lipinski definition) is 4. The van der Waals surface area contributed by atoms with Crippen molar-refractivity contribution in [3.63, 3.8) is 0 Å². The maximum Gasteiger partial charge on any atom is 0.338 e. The Morgan fingerprint density at radius 1 is 1.07 bits per heavy atom. The summed E-state index contributed by atoms with van der Waals surface area (Å²) < 4.78 is 33.9. The molecule has 1 aromatic heterocycles. The summed E-state index contributed by atoms with van der Waals surface area (Å²) in [5.41, 5.74) is 0.383. The van der Waals surface area contributed by atoms with Crippen molar-refractivity contribution in [1.29, 1.82) is 0 Å². The van der Waals surface area contributed by atoms with Crippen LogP contribution in [0.2, 0.25) is 0 Å². The van der Waals surface area contributed by atoms with Crippen LogP contribution in [0.5, 0.6) is 0 Å². The van der Waals surface area contributed by atoms with Crippen molar-refractivity contribution >= 4 is 17.6 Å². The van der Waals surface area contributed by atoms with Gasteiger partial charge in [-0.25, -0.2) is 18.3 Å². The van der Waals surface area contributed by atoms with Crippen LogP contribution in [0.25, 0.3) is 5.69 Å². The number of benzene rings is 2. The average Bonchev–Trinajstić information content (AvgIpc) is 3.19. The zero-order chi connectivity index (χ0) is 19.4. The summed E-state index contributed by atoms with van der Waals surface area (Å²) in [6.45, 7) is 1.31. The molecule has 1 N–H and O–H groups in total. The lowest BCUT2D eigenvalue weighted by atomic mass is 10.2. The van der Waals surface area contributed by atoms with Crippen LogP contribution in [-0.2, 0) is 9.53 Å². The number of hydrogen-bond donors (Lipinski definition) is 1. The fraction of sp³-hybridized carbons (Fsp3) is 0.105. The Balaban J connectivity index is 1.64. The van der Waals surface area contributed by atoms with E-state index in [2.05, 4.69) is 10.4 Å². The molecule has 0 bridgehead atoms. The van der Waals surface area contributed by atoms with E-state index in [-0.39, 0.29) is 5.56 Å². The van der Waals surface area contributed by atoms with Gasteiger partial charge in [-0.05, 0) is 49.4 Å². The standard InChI is InChI=1S/C19H15F2N3O3/c1-12(18(25)23-17-15(20)4-2-5-16(17)21)27-19(26)13-6-8-14(9-7-13)24-11-3-10-22-24/h2-12H,1H3,(H,23,25)/t12-/m0/s1. The molecule has 1 heterocycles. The Morgan fingerprint density at radius 2 is 1.74 bits per heavy atom. The minimum Gasteiger partial charge on any atom is -0.449 e. The van der Waals surface area contributed by atoms with E-state index < -0.39 is 35.3 Å². The topological polar surface area (TPSA) is 73.2 Å². The third-order valence-electron chi connectivity index (χ3n) is 3.74. The predicted octanol–water partition coefficient (Wildman–Crippen LogP) is 3.33. The summed E-state index contributed by atoms with van der Waals surface area (Å²) in [7, 11) is 0. The summed E-state index contributed by atoms with van der Waals surface area (Å²) in [5.74, 6) is -3.42. The van der Waals surface area contributed by atoms with E-state index in [1.807, 2.05) is 0 Å². The quantitative estimate of drug-likeness (QED) is 0.698. The number of carbonyl (C=O) groups is 2. The summed E-state index contributed by atoms with van der Waals surface area (Å²) in [6, 6.07) is 11.4. The second-order valence-electron chi connectivity index (χ2n) is 5.63. The van der Waals surface area contributed by atoms with Gasteiger partial charge in [0.2, 0.25) is 0 Å². The number of ether oxygens (including phenoxy) is 1. The highest BCUT2D eigenvalue weighted by Crippen LogP contribution is 2.18. The van der Waals surface area contributed by atoms with Gasteiger partial charge in [-0.3, -0.25) is 4.79 Å². The van der Waals surface area contributed by atoms with E-state index in [1.54, 1.807) is 35.3 Å². The Kier molecular flexibility index (Phi) is 5.25. The van der Waals surface area contributed by atoms with Crippen molar-refractivity contribution in [2.75, 3.05) is 5.32 Å². The minimum absolute atomic E-state index is 0.225. The number of aromatic nitrogens is 2. The highest BCUT2D eigenvalue weighted by Gasteiger charge is 2.21. The van der Waals surface area contributed by atoms with Crippen LogP contribution in [0, 0.1) is 11.6 Å². The van der Waals surface area contributed by atoms with Crippen molar-refractivity contribution in [3.05, 3.63) is 78.1 Å². The summed E-state index contributed by atoms with van der Waals surface area (Å²) in [4.78, 5) is 24.2. The van der Waals surface area contributed by atoms with Crippen molar-refractivity contribution in [3.8, 4) is 5.69 Å². The first-order valence-corrected chi connectivity index (χ1v) is 8.01. The predicted molar refractivity (Wildman–Crippen MR) is 93.4 cm³/mol. The molecular weight excluding hydrogens is 356 g/mol. The van der Waals surface area contributed by atoms with Gasteiger partial charge in [-0.2, -0.15) is 5.10 Å². The third kappa shape index (κ3) is 4.17. The molecule has 0 unspecified atom stereocenters. The van der Waals surface area contributed by atoms with Crippen LogP contribution in [0.15, 0.2) is 60.9 Å². The Hall–Kier alpha value is -3.55. The zero-order valence-corrected chi connectivity index (χ0v) is 14.2. The van der Waals surface area contributed by atoms with Gasteiger partial charge in [-0.1, -0.05) is 6.07 Å². The van der Waals surface area contributed by atoms with Crippen molar-refractivity contribution in [2.24, 2.45) is 0 Å². The Morgan fingerprint density at radius 3 is 2.33 bits per heavy atom. The lowest BCUT2D eigenvalue weighted by molar-refractivity contribution is -0.123. The highest BCUT2D eigenvalue weighted by molar-refractivity contribution is 5.97. The molecule has 0 saturated heterocycles. The molecule has 0 radical (unpaired) electrons. The number of para-hydroxylation sites is 1. The second-order valence-corrected chi connectivity index (χ2v) is 5.63. The smallest absolute Gasteiger partial charge is 0.338 e. The van der Waals surface area contributed by atoms with Crippen LogP contribution in [0.1, 0.15) is 17.3 Å². The molecule has 1 atom stereocenters. The zero-order valence-electron chi connectivity index (χ0n) is 14.2. The summed E-state index contributed by atoms with van der Waals surface area (Å²) in [5, 5.41) is 6.16. The van der Waals surface area contributed by atoms with Crippen molar-refractivity contribution < 1.29 is 23.1 Å². The molecule has 0 saturated carbocycles. The second kappa shape index (κ2) is 7.77. The van der Waals surface area contributed by atoms with Crippen LogP contribution in [0.3, 0.4) is 0 Å². The highest BCUT2D eigenvalue weighted by atomic mass is 19.1. The fourth-order valence-corrected chi connectivity index (χ4v) is 2.30. The molecule has 6 nitrogen and oxygen atoms in total. The Bertz CT molecular complexity index is 937. The van der Waals surface area contributed by atoms with Crippen molar-refractivity contribution in [1.82, 2.24) is 9.78 Å². The normalized spacial score (nSPS) is 11.7. The van der Waals surface area contributed by atoms with Gasteiger partial charge in [0.1, 0.15) is 17.3 Å². The minimum atomic E-state index is -1.25. The van der Waals surface area contributed by atoms with Crippen LogP contribution >= 0.6 is 0 Å². The number of rotatable bonds is 5. The molecule has 0 aliphatic carbocycles. The SMILES string of the molecule is C[C@H](OC(=O)c1ccc(-n2cccn2)cc1)C(=O)Nc1c(F)cccc1F. The van der Waals surface area contributed by atoms with Gasteiger partial charge in [0, 0.05) is 12.4 Å². The van der Waals surface area contributed by atoms with Gasteiger partial charge < -0.3 is 10.1 Å². The molecule has 2 aromatic carbocycles. The number of carbonyl (C=O) groups excluding carboxylic acids is 2. The average molecular weight is 371 g/mol. The van der Waals surface area contributed by atoms with Gasteiger partial charge in [-0.15, -0.1) is 0 Å². The van der Waals surface area contributed by atoms with E-state index in [4.69, 9.17) is 4.74 Å². The molecule has 1 amide bonds. The number of nitrogens with zero attached hydrogens (tertiary/aromatic N) is 2. The van der Waals surface area contributed by atoms with E-state index in [0.717, 1.165) is 17.8 Å². The molecule has 0 aliphatic rings. The molecule has 138 valence electrons. The number of halogens is 2. The van der Waals surface area contributed by atoms with Crippen LogP contribution in [0.4, 0.5) is 14.5 Å². The fourth-order valence-electron chi connectivity index (χ4n) is 2.30. The lowest BCUT2D eigenvalue weighted by Crippen LogP contribution is -2.30. The first kappa shape index (κ1) is 18.2. The van der Waals surface area contributed by atoms with Gasteiger partial charge in [0.05, 0.1) is 11.3 Å². The van der Waals surface area contributed by atoms with E-state index in [1.165, 1.54) is 25.1 Å². The van der Waals surface area contributed by atoms with Gasteiger partial charge in [0.15, 0.2) is 6.10 Å². The van der Waals surface area contributed by atoms with Crippen LogP contribution < -0.4 is 5.32 Å². The molecule has 0 aliphatic heterocycles. The van der Waals surface area contributed by atoms with Crippen LogP contribution in [-0.4, -0.2) is 27.8 Å². The van der Waals surface area contributed by atoms with Gasteiger partial charge in [0.25, 0.3) is 5.91 Å². The lowest BCUT2D eigenvalue weighted by Gasteiger charge is -2.14. The monoisotopic (exact) mass is 371 g/mol.